The van der Waals surface area contributed by atoms with Crippen molar-refractivity contribution in [2.75, 3.05) is 13.1 Å². The van der Waals surface area contributed by atoms with Crippen LogP contribution < -0.4 is 10.4 Å². The van der Waals surface area contributed by atoms with E-state index in [9.17, 15) is 29.7 Å². The minimum Gasteiger partial charge on any atom is -0.275 e. The quantitative estimate of drug-likeness (QED) is 0.128. The number of amides is 4. The van der Waals surface area contributed by atoms with Gasteiger partial charge < -0.3 is 0 Å². The number of allylic oxidation sites excluding steroid dienone is 2. The number of hydrogen-bond donors (Lipinski definition) is 0. The summed E-state index contributed by atoms with van der Waals surface area (Å²) in [5, 5.41) is 20.0. The molecule has 0 N–H and O–H groups in total. The molecule has 1 aromatic heterocycles. The van der Waals surface area contributed by atoms with Gasteiger partial charge in [-0.15, -0.1) is 23.1 Å². The maximum Gasteiger partial charge on any atom is 0.262 e. The van der Waals surface area contributed by atoms with Gasteiger partial charge in [-0.2, -0.15) is 10.5 Å². The van der Waals surface area contributed by atoms with Crippen molar-refractivity contribution in [1.29, 1.82) is 10.5 Å². The van der Waals surface area contributed by atoms with Crippen LogP contribution in [0.2, 0.25) is 0 Å². The molecule has 8 nitrogen and oxygen atoms in total. The molecule has 0 bridgehead atoms. The van der Waals surface area contributed by atoms with Gasteiger partial charge in [0.05, 0.1) is 16.9 Å². The lowest BCUT2D eigenvalue weighted by atomic mass is 9.76. The summed E-state index contributed by atoms with van der Waals surface area (Å²) in [7, 11) is 0. The number of thioether (sulfide) groups is 1. The van der Waals surface area contributed by atoms with E-state index in [1.54, 1.807) is 18.2 Å². The highest BCUT2D eigenvalue weighted by atomic mass is 32.2. The fraction of sp³-hybridized carbons (Fsp3) is 0.524. The van der Waals surface area contributed by atoms with E-state index in [0.717, 1.165) is 56.3 Å². The van der Waals surface area contributed by atoms with Crippen LogP contribution in [0.3, 0.4) is 0 Å². The number of hydrogen-bond acceptors (Lipinski definition) is 8. The molecular formula is C42H48N4O4S2. The Morgan fingerprint density at radius 1 is 0.769 bits per heavy atom. The summed E-state index contributed by atoms with van der Waals surface area (Å²) in [6.07, 6.45) is 12.5. The third kappa shape index (κ3) is 7.43. The van der Waals surface area contributed by atoms with E-state index < -0.39 is 17.7 Å². The second-order valence-corrected chi connectivity index (χ2v) is 17.7. The van der Waals surface area contributed by atoms with Gasteiger partial charge >= 0.3 is 0 Å². The third-order valence-corrected chi connectivity index (χ3v) is 13.0. The molecule has 52 heavy (non-hydrogen) atoms. The molecule has 3 aliphatic heterocycles. The second-order valence-electron chi connectivity index (χ2n) is 15.3. The molecule has 4 amide bonds. The van der Waals surface area contributed by atoms with E-state index in [2.05, 4.69) is 39.8 Å². The van der Waals surface area contributed by atoms with Crippen LogP contribution in [0.1, 0.15) is 130 Å². The summed E-state index contributed by atoms with van der Waals surface area (Å²) < 4.78 is 0. The molecule has 4 heterocycles. The highest BCUT2D eigenvalue weighted by molar-refractivity contribution is 8.04. The zero-order chi connectivity index (χ0) is 37.1. The van der Waals surface area contributed by atoms with Gasteiger partial charge in [0, 0.05) is 56.6 Å². The molecule has 0 radical (unpaired) electrons. The molecule has 0 spiro atoms. The summed E-state index contributed by atoms with van der Waals surface area (Å²) >= 11 is 2.67. The van der Waals surface area contributed by atoms with E-state index >= 15 is 0 Å². The Hall–Kier alpha value is -3.99. The van der Waals surface area contributed by atoms with Crippen LogP contribution in [0.4, 0.5) is 0 Å². The predicted molar refractivity (Wildman–Crippen MR) is 206 cm³/mol. The number of imide groups is 2. The summed E-state index contributed by atoms with van der Waals surface area (Å²) in [6, 6.07) is 9.75. The Kier molecular flexibility index (Phi) is 11.9. The van der Waals surface area contributed by atoms with Crippen LogP contribution in [0.25, 0.3) is 21.6 Å². The van der Waals surface area contributed by atoms with Crippen LogP contribution in [0.15, 0.2) is 29.2 Å². The minimum absolute atomic E-state index is 0.211. The molecule has 0 saturated heterocycles. The maximum absolute atomic E-state index is 14.6. The smallest absolute Gasteiger partial charge is 0.262 e. The van der Waals surface area contributed by atoms with Crippen molar-refractivity contribution in [2.24, 2.45) is 17.8 Å². The molecule has 2 aromatic rings. The van der Waals surface area contributed by atoms with Crippen molar-refractivity contribution in [3.63, 3.8) is 0 Å². The van der Waals surface area contributed by atoms with Gasteiger partial charge in [-0.25, -0.2) is 0 Å². The Morgan fingerprint density at radius 2 is 1.40 bits per heavy atom. The SMILES string of the molecule is CC(C)CCCCCCN1C(=O)C2=c3c(cc(-c4ccc(C#N)s4)c4c3=C(CC2C2=CCC(C#N)S2)C(=O)N(CCCCCCC(C)C)C4=O)C1=O. The van der Waals surface area contributed by atoms with Crippen LogP contribution in [-0.4, -0.2) is 51.8 Å². The molecule has 0 fully saturated rings. The fourth-order valence-corrected chi connectivity index (χ4v) is 9.94. The van der Waals surface area contributed by atoms with E-state index in [1.165, 1.54) is 32.9 Å². The first-order chi connectivity index (χ1) is 25.0. The van der Waals surface area contributed by atoms with Crippen molar-refractivity contribution >= 4 is 57.9 Å². The van der Waals surface area contributed by atoms with Crippen LogP contribution in [-0.2, 0) is 9.59 Å². The Balaban J connectivity index is 1.47. The van der Waals surface area contributed by atoms with E-state index in [4.69, 9.17) is 0 Å². The van der Waals surface area contributed by atoms with Crippen molar-refractivity contribution in [3.8, 4) is 22.6 Å². The Morgan fingerprint density at radius 3 is 1.98 bits per heavy atom. The summed E-state index contributed by atoms with van der Waals surface area (Å²) in [5.41, 5.74) is 2.06. The molecule has 2 atom stereocenters. The number of benzene rings is 1. The molecule has 10 heteroatoms. The molecule has 1 aromatic carbocycles. The van der Waals surface area contributed by atoms with Crippen molar-refractivity contribution in [2.45, 2.75) is 110 Å². The Bertz CT molecular complexity index is 2030. The summed E-state index contributed by atoms with van der Waals surface area (Å²) in [6.45, 7) is 9.39. The highest BCUT2D eigenvalue weighted by Crippen LogP contribution is 2.46. The summed E-state index contributed by atoms with van der Waals surface area (Å²) in [4.78, 5) is 62.9. The first-order valence-corrected chi connectivity index (χ1v) is 20.7. The molecule has 0 saturated carbocycles. The van der Waals surface area contributed by atoms with Crippen molar-refractivity contribution < 1.29 is 19.2 Å². The van der Waals surface area contributed by atoms with Crippen molar-refractivity contribution in [1.82, 2.24) is 9.80 Å². The average molecular weight is 737 g/mol. The number of carbonyl (C=O) groups excluding carboxylic acids is 4. The van der Waals surface area contributed by atoms with Crippen molar-refractivity contribution in [3.05, 3.63) is 55.6 Å². The van der Waals surface area contributed by atoms with E-state index in [1.807, 2.05) is 6.08 Å². The normalized spacial score (nSPS) is 19.5. The first kappa shape index (κ1) is 37.8. The lowest BCUT2D eigenvalue weighted by Crippen LogP contribution is -2.59. The van der Waals surface area contributed by atoms with Crippen LogP contribution in [0.5, 0.6) is 0 Å². The molecule has 6 rings (SSSR count). The second kappa shape index (κ2) is 16.4. The zero-order valence-corrected chi connectivity index (χ0v) is 32.4. The van der Waals surface area contributed by atoms with Gasteiger partial charge in [-0.1, -0.05) is 85.1 Å². The standard InChI is InChI=1S/C42H48N4O4S2/c1-25(2)13-9-5-7-11-19-45-39(47)31-21-30(34-18-16-28(24-44)52-34)38-36-32(40(48)46(42(38)50)20-12-8-6-10-14-26(3)4)22-29(37(35(31)36)41(45)49)33-17-15-27(23-43)51-33/h15,17-18,22,25-26,28,30H,5-14,16,19-21H2,1-4H3. The van der Waals surface area contributed by atoms with E-state index in [-0.39, 0.29) is 36.6 Å². The lowest BCUT2D eigenvalue weighted by Gasteiger charge is -2.37. The number of unbranched alkanes of at least 4 members (excludes halogenated alkanes) is 6. The van der Waals surface area contributed by atoms with Gasteiger partial charge in [0.1, 0.15) is 10.9 Å². The topological polar surface area (TPSA) is 122 Å². The third-order valence-electron chi connectivity index (χ3n) is 10.7. The predicted octanol–water partition coefficient (Wildman–Crippen LogP) is 7.70. The fourth-order valence-electron chi connectivity index (χ4n) is 7.99. The minimum atomic E-state index is -0.501. The van der Waals surface area contributed by atoms with Gasteiger partial charge in [0.25, 0.3) is 23.6 Å². The summed E-state index contributed by atoms with van der Waals surface area (Å²) in [5.74, 6) is -0.813. The monoisotopic (exact) mass is 736 g/mol. The molecular weight excluding hydrogens is 689 g/mol. The maximum atomic E-state index is 14.6. The highest BCUT2D eigenvalue weighted by Gasteiger charge is 2.46. The first-order valence-electron chi connectivity index (χ1n) is 19.0. The van der Waals surface area contributed by atoms with Gasteiger partial charge in [-0.05, 0) is 60.6 Å². The number of thiophene rings is 1. The largest absolute Gasteiger partial charge is 0.275 e. The van der Waals surface area contributed by atoms with Gasteiger partial charge in [-0.3, -0.25) is 29.0 Å². The van der Waals surface area contributed by atoms with E-state index in [0.29, 0.717) is 79.1 Å². The molecule has 2 unspecified atom stereocenters. The average Bonchev–Trinajstić information content (AvgIpc) is 3.81. The number of carbonyl (C=O) groups is 4. The molecule has 272 valence electrons. The van der Waals surface area contributed by atoms with Gasteiger partial charge in [0.2, 0.25) is 0 Å². The zero-order valence-electron chi connectivity index (χ0n) is 30.8. The molecule has 1 aliphatic carbocycles. The lowest BCUT2D eigenvalue weighted by molar-refractivity contribution is -0.124. The number of nitriles is 2. The Labute approximate surface area is 315 Å². The number of rotatable bonds is 16. The van der Waals surface area contributed by atoms with Crippen LogP contribution in [0, 0.1) is 40.4 Å². The molecule has 4 aliphatic rings. The van der Waals surface area contributed by atoms with Gasteiger partial charge in [0.15, 0.2) is 0 Å². The number of nitrogens with zero attached hydrogens (tertiary/aromatic N) is 4. The van der Waals surface area contributed by atoms with Crippen LogP contribution >= 0.6 is 23.1 Å².